The van der Waals surface area contributed by atoms with Gasteiger partial charge in [-0.3, -0.25) is 4.79 Å². The quantitative estimate of drug-likeness (QED) is 0.712. The van der Waals surface area contributed by atoms with Crippen molar-refractivity contribution in [3.05, 3.63) is 34.3 Å². The highest BCUT2D eigenvalue weighted by atomic mass is 79.9. The maximum absolute atomic E-state index is 11.6. The zero-order valence-electron chi connectivity index (χ0n) is 11.4. The molecule has 0 aromatic heterocycles. The fourth-order valence-corrected chi connectivity index (χ4v) is 2.18. The molecule has 2 amide bonds. The molecule has 0 fully saturated rings. The monoisotopic (exact) mass is 342 g/mol. The van der Waals surface area contributed by atoms with Gasteiger partial charge < -0.3 is 15.7 Å². The Morgan fingerprint density at radius 2 is 2.00 bits per heavy atom. The zero-order chi connectivity index (χ0) is 15.0. The number of benzene rings is 1. The molecular formula is C14H19BrN2O3. The molecule has 0 saturated heterocycles. The predicted octanol–water partition coefficient (Wildman–Crippen LogP) is 2.75. The molecule has 0 bridgehead atoms. The summed E-state index contributed by atoms with van der Waals surface area (Å²) in [6.45, 7) is 2.45. The minimum absolute atomic E-state index is 0.144. The summed E-state index contributed by atoms with van der Waals surface area (Å²) in [5, 5.41) is 14.3. The molecule has 6 heteroatoms. The maximum Gasteiger partial charge on any atom is 0.315 e. The lowest BCUT2D eigenvalue weighted by atomic mass is 10.0. The molecule has 0 heterocycles. The minimum Gasteiger partial charge on any atom is -0.481 e. The SMILES string of the molecule is CCCC(CNC(=O)NCc1ccccc1Br)C(=O)O. The molecule has 110 valence electrons. The predicted molar refractivity (Wildman–Crippen MR) is 80.4 cm³/mol. The molecule has 1 unspecified atom stereocenters. The summed E-state index contributed by atoms with van der Waals surface area (Å²) >= 11 is 3.40. The maximum atomic E-state index is 11.6. The largest absolute Gasteiger partial charge is 0.481 e. The summed E-state index contributed by atoms with van der Waals surface area (Å²) in [4.78, 5) is 22.6. The highest BCUT2D eigenvalue weighted by molar-refractivity contribution is 9.10. The van der Waals surface area contributed by atoms with Crippen LogP contribution in [0.2, 0.25) is 0 Å². The summed E-state index contributed by atoms with van der Waals surface area (Å²) in [5.41, 5.74) is 0.964. The van der Waals surface area contributed by atoms with Gasteiger partial charge in [0, 0.05) is 17.6 Å². The Morgan fingerprint density at radius 3 is 2.60 bits per heavy atom. The van der Waals surface area contributed by atoms with Crippen molar-refractivity contribution in [3.63, 3.8) is 0 Å². The number of nitrogens with one attached hydrogen (secondary N) is 2. The van der Waals surface area contributed by atoms with Gasteiger partial charge in [0.2, 0.25) is 0 Å². The molecule has 20 heavy (non-hydrogen) atoms. The average molecular weight is 343 g/mol. The number of carboxylic acids is 1. The number of carbonyl (C=O) groups is 2. The van der Waals surface area contributed by atoms with Gasteiger partial charge >= 0.3 is 12.0 Å². The van der Waals surface area contributed by atoms with Crippen molar-refractivity contribution < 1.29 is 14.7 Å². The van der Waals surface area contributed by atoms with E-state index in [1.165, 1.54) is 0 Å². The number of hydrogen-bond acceptors (Lipinski definition) is 2. The van der Waals surface area contributed by atoms with Gasteiger partial charge in [-0.15, -0.1) is 0 Å². The summed E-state index contributed by atoms with van der Waals surface area (Å²) in [6.07, 6.45) is 1.33. The molecule has 0 aliphatic heterocycles. The lowest BCUT2D eigenvalue weighted by molar-refractivity contribution is -0.141. The first-order chi connectivity index (χ1) is 9.54. The van der Waals surface area contributed by atoms with Gasteiger partial charge in [-0.25, -0.2) is 4.79 Å². The van der Waals surface area contributed by atoms with Crippen LogP contribution < -0.4 is 10.6 Å². The van der Waals surface area contributed by atoms with Gasteiger partial charge in [0.15, 0.2) is 0 Å². The number of carboxylic acid groups (broad SMARTS) is 1. The molecular weight excluding hydrogens is 324 g/mol. The molecule has 0 aliphatic rings. The van der Waals surface area contributed by atoms with E-state index in [1.54, 1.807) is 0 Å². The van der Waals surface area contributed by atoms with Crippen LogP contribution in [0.15, 0.2) is 28.7 Å². The number of aliphatic carboxylic acids is 1. The van der Waals surface area contributed by atoms with Crippen LogP contribution in [0.5, 0.6) is 0 Å². The van der Waals surface area contributed by atoms with E-state index in [0.717, 1.165) is 16.5 Å². The summed E-state index contributed by atoms with van der Waals surface area (Å²) < 4.78 is 0.926. The Morgan fingerprint density at radius 1 is 1.30 bits per heavy atom. The smallest absolute Gasteiger partial charge is 0.315 e. The third-order valence-corrected chi connectivity index (χ3v) is 3.67. The minimum atomic E-state index is -0.877. The van der Waals surface area contributed by atoms with Gasteiger partial charge in [-0.05, 0) is 18.1 Å². The van der Waals surface area contributed by atoms with E-state index in [-0.39, 0.29) is 12.6 Å². The Balaban J connectivity index is 2.37. The molecule has 1 aromatic carbocycles. The molecule has 0 aliphatic carbocycles. The number of amides is 2. The van der Waals surface area contributed by atoms with Gasteiger partial charge in [0.1, 0.15) is 0 Å². The van der Waals surface area contributed by atoms with E-state index in [1.807, 2.05) is 31.2 Å². The third-order valence-electron chi connectivity index (χ3n) is 2.89. The lowest BCUT2D eigenvalue weighted by Gasteiger charge is -2.13. The van der Waals surface area contributed by atoms with Crippen LogP contribution in [-0.4, -0.2) is 23.7 Å². The summed E-state index contributed by atoms with van der Waals surface area (Å²) in [5.74, 6) is -1.41. The second-order valence-corrected chi connectivity index (χ2v) is 5.33. The molecule has 1 aromatic rings. The number of halogens is 1. The van der Waals surface area contributed by atoms with Crippen LogP contribution in [-0.2, 0) is 11.3 Å². The van der Waals surface area contributed by atoms with E-state index in [4.69, 9.17) is 5.11 Å². The third kappa shape index (κ3) is 5.61. The van der Waals surface area contributed by atoms with Crippen molar-refractivity contribution in [3.8, 4) is 0 Å². The van der Waals surface area contributed by atoms with E-state index >= 15 is 0 Å². The van der Waals surface area contributed by atoms with Crippen molar-refractivity contribution in [1.82, 2.24) is 10.6 Å². The molecule has 3 N–H and O–H groups in total. The number of urea groups is 1. The van der Waals surface area contributed by atoms with Crippen molar-refractivity contribution in [2.45, 2.75) is 26.3 Å². The molecule has 1 rings (SSSR count). The Bertz CT molecular complexity index is 465. The standard InChI is InChI=1S/C14H19BrN2O3/c1-2-5-11(13(18)19)9-17-14(20)16-8-10-6-3-4-7-12(10)15/h3-4,6-7,11H,2,5,8-9H2,1H3,(H,18,19)(H2,16,17,20). The zero-order valence-corrected chi connectivity index (χ0v) is 12.9. The fraction of sp³-hybridized carbons (Fsp3) is 0.429. The van der Waals surface area contributed by atoms with Gasteiger partial charge in [0.05, 0.1) is 5.92 Å². The lowest BCUT2D eigenvalue weighted by Crippen LogP contribution is -2.39. The number of hydrogen-bond donors (Lipinski definition) is 3. The van der Waals surface area contributed by atoms with Crippen LogP contribution in [0.25, 0.3) is 0 Å². The highest BCUT2D eigenvalue weighted by Gasteiger charge is 2.16. The summed E-state index contributed by atoms with van der Waals surface area (Å²) in [6, 6.07) is 7.23. The molecule has 1 atom stereocenters. The molecule has 0 spiro atoms. The van der Waals surface area contributed by atoms with Crippen LogP contribution in [0.1, 0.15) is 25.3 Å². The first kappa shape index (κ1) is 16.5. The second kappa shape index (κ2) is 8.58. The number of rotatable bonds is 7. The Hall–Kier alpha value is -1.56. The number of carbonyl (C=O) groups excluding carboxylic acids is 1. The first-order valence-electron chi connectivity index (χ1n) is 6.52. The van der Waals surface area contributed by atoms with Crippen molar-refractivity contribution >= 4 is 27.9 Å². The van der Waals surface area contributed by atoms with Crippen LogP contribution in [0.3, 0.4) is 0 Å². The van der Waals surface area contributed by atoms with Gasteiger partial charge in [0.25, 0.3) is 0 Å². The van der Waals surface area contributed by atoms with Gasteiger partial charge in [-0.2, -0.15) is 0 Å². The van der Waals surface area contributed by atoms with E-state index in [0.29, 0.717) is 13.0 Å². The summed E-state index contributed by atoms with van der Waals surface area (Å²) in [7, 11) is 0. The van der Waals surface area contributed by atoms with Crippen molar-refractivity contribution in [2.24, 2.45) is 5.92 Å². The Labute approximate surface area is 126 Å². The molecule has 0 radical (unpaired) electrons. The van der Waals surface area contributed by atoms with E-state index < -0.39 is 11.9 Å². The van der Waals surface area contributed by atoms with Crippen molar-refractivity contribution in [2.75, 3.05) is 6.54 Å². The van der Waals surface area contributed by atoms with E-state index in [9.17, 15) is 9.59 Å². The second-order valence-electron chi connectivity index (χ2n) is 4.48. The van der Waals surface area contributed by atoms with Gasteiger partial charge in [-0.1, -0.05) is 47.5 Å². The van der Waals surface area contributed by atoms with Crippen molar-refractivity contribution in [1.29, 1.82) is 0 Å². The van der Waals surface area contributed by atoms with Crippen LogP contribution in [0.4, 0.5) is 4.79 Å². The Kier molecular flexibility index (Phi) is 7.08. The highest BCUT2D eigenvalue weighted by Crippen LogP contribution is 2.15. The fourth-order valence-electron chi connectivity index (χ4n) is 1.76. The topological polar surface area (TPSA) is 78.4 Å². The van der Waals surface area contributed by atoms with Crippen LogP contribution >= 0.6 is 15.9 Å². The van der Waals surface area contributed by atoms with Crippen LogP contribution in [0, 0.1) is 5.92 Å². The van der Waals surface area contributed by atoms with E-state index in [2.05, 4.69) is 26.6 Å². The first-order valence-corrected chi connectivity index (χ1v) is 7.31. The normalized spacial score (nSPS) is 11.7. The molecule has 0 saturated carbocycles. The molecule has 5 nitrogen and oxygen atoms in total. The average Bonchev–Trinajstić information content (AvgIpc) is 2.42.